The normalized spacial score (nSPS) is 16.3. The fourth-order valence-electron chi connectivity index (χ4n) is 4.24. The number of nitrogens with zero attached hydrogens (tertiary/aromatic N) is 3. The molecule has 30 heavy (non-hydrogen) atoms. The predicted molar refractivity (Wildman–Crippen MR) is 120 cm³/mol. The van der Waals surface area contributed by atoms with E-state index in [2.05, 4.69) is 22.8 Å². The van der Waals surface area contributed by atoms with Gasteiger partial charge in [0.05, 0.1) is 28.7 Å². The molecule has 0 unspecified atom stereocenters. The van der Waals surface area contributed by atoms with Gasteiger partial charge in [-0.2, -0.15) is 0 Å². The number of carbonyl (C=O) groups excluding carboxylic acids is 1. The largest absolute Gasteiger partial charge is 0.492 e. The van der Waals surface area contributed by atoms with Gasteiger partial charge in [-0.05, 0) is 49.9 Å². The average molecular weight is 426 g/mol. The first kappa shape index (κ1) is 20.7. The van der Waals surface area contributed by atoms with E-state index in [4.69, 9.17) is 21.3 Å². The summed E-state index contributed by atoms with van der Waals surface area (Å²) in [6, 6.07) is 15.9. The van der Waals surface area contributed by atoms with Gasteiger partial charge in [-0.25, -0.2) is 4.98 Å². The molecular weight excluding hydrogens is 398 g/mol. The Labute approximate surface area is 182 Å². The molecule has 0 bridgehead atoms. The summed E-state index contributed by atoms with van der Waals surface area (Å²) in [6.07, 6.45) is 4.43. The first-order valence-electron chi connectivity index (χ1n) is 10.8. The van der Waals surface area contributed by atoms with Gasteiger partial charge in [0.15, 0.2) is 0 Å². The van der Waals surface area contributed by atoms with Crippen LogP contribution in [0.25, 0.3) is 11.0 Å². The van der Waals surface area contributed by atoms with E-state index in [1.165, 1.54) is 0 Å². The molecule has 1 aliphatic heterocycles. The van der Waals surface area contributed by atoms with Crippen LogP contribution in [-0.2, 0) is 11.3 Å². The fourth-order valence-corrected chi connectivity index (χ4v) is 4.43. The number of amides is 1. The number of hydrogen-bond acceptors (Lipinski definition) is 3. The molecule has 1 aliphatic rings. The lowest BCUT2D eigenvalue weighted by molar-refractivity contribution is -0.131. The molecule has 1 atom stereocenters. The maximum atomic E-state index is 12.4. The van der Waals surface area contributed by atoms with E-state index in [-0.39, 0.29) is 11.9 Å². The van der Waals surface area contributed by atoms with Crippen molar-refractivity contribution in [3.63, 3.8) is 0 Å². The molecule has 3 aromatic rings. The summed E-state index contributed by atoms with van der Waals surface area (Å²) in [7, 11) is 0. The van der Waals surface area contributed by atoms with Crippen LogP contribution in [0, 0.1) is 0 Å². The van der Waals surface area contributed by atoms with Gasteiger partial charge in [-0.1, -0.05) is 42.8 Å². The van der Waals surface area contributed by atoms with Crippen molar-refractivity contribution in [3.05, 3.63) is 59.4 Å². The van der Waals surface area contributed by atoms with Crippen molar-refractivity contribution in [1.82, 2.24) is 14.5 Å². The maximum absolute atomic E-state index is 12.4. The summed E-state index contributed by atoms with van der Waals surface area (Å²) in [5.41, 5.74) is 2.13. The molecule has 1 saturated heterocycles. The van der Waals surface area contributed by atoms with Crippen LogP contribution in [0.15, 0.2) is 48.5 Å². The molecule has 158 valence electrons. The lowest BCUT2D eigenvalue weighted by Crippen LogP contribution is -2.31. The zero-order valence-corrected chi connectivity index (χ0v) is 18.1. The summed E-state index contributed by atoms with van der Waals surface area (Å²) in [4.78, 5) is 19.4. The number of aryl methyl sites for hydroxylation is 1. The van der Waals surface area contributed by atoms with Crippen molar-refractivity contribution >= 4 is 28.5 Å². The van der Waals surface area contributed by atoms with E-state index in [0.717, 1.165) is 61.4 Å². The molecule has 1 amide bonds. The first-order valence-corrected chi connectivity index (χ1v) is 11.2. The smallest absolute Gasteiger partial charge is 0.222 e. The molecular formula is C24H28ClN3O2. The monoisotopic (exact) mass is 425 g/mol. The molecule has 0 radical (unpaired) electrons. The zero-order chi connectivity index (χ0) is 20.9. The van der Waals surface area contributed by atoms with E-state index >= 15 is 0 Å². The average Bonchev–Trinajstić information content (AvgIpc) is 3.39. The first-order chi connectivity index (χ1) is 14.7. The van der Waals surface area contributed by atoms with Gasteiger partial charge in [-0.3, -0.25) is 4.79 Å². The second-order valence-corrected chi connectivity index (χ2v) is 8.10. The quantitative estimate of drug-likeness (QED) is 0.440. The van der Waals surface area contributed by atoms with E-state index in [1.54, 1.807) is 0 Å². The van der Waals surface area contributed by atoms with Gasteiger partial charge in [0.1, 0.15) is 11.6 Å². The van der Waals surface area contributed by atoms with Crippen molar-refractivity contribution in [3.8, 4) is 5.75 Å². The van der Waals surface area contributed by atoms with Gasteiger partial charge in [0.25, 0.3) is 0 Å². The van der Waals surface area contributed by atoms with Gasteiger partial charge in [0.2, 0.25) is 5.91 Å². The lowest BCUT2D eigenvalue weighted by atomic mass is 10.2. The number of benzene rings is 2. The number of hydrogen-bond donors (Lipinski definition) is 0. The van der Waals surface area contributed by atoms with Crippen molar-refractivity contribution in [1.29, 1.82) is 0 Å². The van der Waals surface area contributed by atoms with Gasteiger partial charge in [0, 0.05) is 19.5 Å². The molecule has 5 nitrogen and oxygen atoms in total. The standard InChI is InChI=1S/C24H28ClN3O2/c1-2-23(29)27-16-9-13-21(27)24-26-19-11-4-5-12-20(19)28(24)15-7-8-17-30-22-14-6-3-10-18(22)25/h3-6,10-12,14,21H,2,7-9,13,15-17H2,1H3/t21-/m0/s1. The van der Waals surface area contributed by atoms with E-state index in [9.17, 15) is 4.79 Å². The molecule has 0 aliphatic carbocycles. The number of carbonyl (C=O) groups is 1. The van der Waals surface area contributed by atoms with Crippen LogP contribution < -0.4 is 4.74 Å². The van der Waals surface area contributed by atoms with E-state index < -0.39 is 0 Å². The highest BCUT2D eigenvalue weighted by atomic mass is 35.5. The third-order valence-electron chi connectivity index (χ3n) is 5.73. The third-order valence-corrected chi connectivity index (χ3v) is 6.04. The number of ether oxygens (including phenoxy) is 1. The minimum Gasteiger partial charge on any atom is -0.492 e. The number of halogens is 1. The Hall–Kier alpha value is -2.53. The highest BCUT2D eigenvalue weighted by Crippen LogP contribution is 2.34. The molecule has 2 heterocycles. The number of rotatable bonds is 8. The summed E-state index contributed by atoms with van der Waals surface area (Å²) >= 11 is 6.16. The Bertz CT molecular complexity index is 1020. The zero-order valence-electron chi connectivity index (χ0n) is 17.4. The summed E-state index contributed by atoms with van der Waals surface area (Å²) in [6.45, 7) is 4.23. The molecule has 0 N–H and O–H groups in total. The fraction of sp³-hybridized carbons (Fsp3) is 0.417. The second kappa shape index (κ2) is 9.52. The van der Waals surface area contributed by atoms with Crippen molar-refractivity contribution in [2.75, 3.05) is 13.2 Å². The number of imidazole rings is 1. The Balaban J connectivity index is 1.47. The maximum Gasteiger partial charge on any atom is 0.222 e. The van der Waals surface area contributed by atoms with Gasteiger partial charge >= 0.3 is 0 Å². The highest BCUT2D eigenvalue weighted by molar-refractivity contribution is 6.32. The van der Waals surface area contributed by atoms with Crippen LogP contribution >= 0.6 is 11.6 Å². The van der Waals surface area contributed by atoms with Crippen LogP contribution in [0.3, 0.4) is 0 Å². The topological polar surface area (TPSA) is 47.4 Å². The molecule has 6 heteroatoms. The van der Waals surface area contributed by atoms with E-state index in [0.29, 0.717) is 18.1 Å². The third kappa shape index (κ3) is 4.31. The summed E-state index contributed by atoms with van der Waals surface area (Å²) < 4.78 is 8.13. The number of para-hydroxylation sites is 3. The van der Waals surface area contributed by atoms with Crippen LogP contribution in [0.1, 0.15) is 50.9 Å². The highest BCUT2D eigenvalue weighted by Gasteiger charge is 2.32. The SMILES string of the molecule is CCC(=O)N1CCC[C@H]1c1nc2ccccc2n1CCCCOc1ccccc1Cl. The molecule has 2 aromatic carbocycles. The molecule has 0 saturated carbocycles. The van der Waals surface area contributed by atoms with Crippen molar-refractivity contribution in [2.24, 2.45) is 0 Å². The minimum atomic E-state index is 0.0734. The molecule has 1 fully saturated rings. The minimum absolute atomic E-state index is 0.0734. The number of fused-ring (bicyclic) bond motifs is 1. The van der Waals surface area contributed by atoms with Gasteiger partial charge in [-0.15, -0.1) is 0 Å². The van der Waals surface area contributed by atoms with Crippen LogP contribution in [0.4, 0.5) is 0 Å². The number of unbranched alkanes of at least 4 members (excludes halogenated alkanes) is 1. The van der Waals surface area contributed by atoms with Crippen molar-refractivity contribution in [2.45, 2.75) is 51.6 Å². The van der Waals surface area contributed by atoms with Crippen LogP contribution in [-0.4, -0.2) is 33.5 Å². The van der Waals surface area contributed by atoms with Gasteiger partial charge < -0.3 is 14.2 Å². The van der Waals surface area contributed by atoms with Crippen LogP contribution in [0.5, 0.6) is 5.75 Å². The van der Waals surface area contributed by atoms with Crippen LogP contribution in [0.2, 0.25) is 5.02 Å². The number of likely N-dealkylation sites (tertiary alicyclic amines) is 1. The molecule has 1 aromatic heterocycles. The Kier molecular flexibility index (Phi) is 6.58. The summed E-state index contributed by atoms with van der Waals surface area (Å²) in [5.74, 6) is 1.96. The Morgan fingerprint density at radius 2 is 1.97 bits per heavy atom. The number of aromatic nitrogens is 2. The summed E-state index contributed by atoms with van der Waals surface area (Å²) in [5, 5.41) is 0.641. The molecule has 4 rings (SSSR count). The Morgan fingerprint density at radius 3 is 2.80 bits per heavy atom. The van der Waals surface area contributed by atoms with E-state index in [1.807, 2.05) is 42.2 Å². The second-order valence-electron chi connectivity index (χ2n) is 7.70. The predicted octanol–water partition coefficient (Wildman–Crippen LogP) is 5.62. The Morgan fingerprint density at radius 1 is 1.17 bits per heavy atom. The lowest BCUT2D eigenvalue weighted by Gasteiger charge is -2.25. The molecule has 0 spiro atoms. The van der Waals surface area contributed by atoms with Crippen molar-refractivity contribution < 1.29 is 9.53 Å².